The maximum atomic E-state index is 12.7. The predicted molar refractivity (Wildman–Crippen MR) is 94.3 cm³/mol. The van der Waals surface area contributed by atoms with Crippen molar-refractivity contribution in [2.75, 3.05) is 4.90 Å². The minimum absolute atomic E-state index is 0.357. The van der Waals surface area contributed by atoms with Crippen LogP contribution in [0.3, 0.4) is 0 Å². The molecule has 126 valence electrons. The van der Waals surface area contributed by atoms with Crippen molar-refractivity contribution in [2.45, 2.75) is 13.5 Å². The van der Waals surface area contributed by atoms with Crippen LogP contribution < -0.4 is 10.2 Å². The van der Waals surface area contributed by atoms with Gasteiger partial charge in [-0.15, -0.1) is 0 Å². The number of nitrogens with zero attached hydrogens (tertiary/aromatic N) is 2. The van der Waals surface area contributed by atoms with Gasteiger partial charge in [0, 0.05) is 6.21 Å². The lowest BCUT2D eigenvalue weighted by Crippen LogP contribution is -2.58. The Kier molecular flexibility index (Phi) is 4.70. The highest BCUT2D eigenvalue weighted by Gasteiger charge is 2.40. The van der Waals surface area contributed by atoms with Gasteiger partial charge < -0.3 is 0 Å². The van der Waals surface area contributed by atoms with Crippen LogP contribution in [-0.2, 0) is 16.1 Å². The molecule has 0 aliphatic carbocycles. The Bertz CT molecular complexity index is 846. The summed E-state index contributed by atoms with van der Waals surface area (Å²) in [6, 6.07) is 15.7. The van der Waals surface area contributed by atoms with E-state index >= 15 is 0 Å². The minimum atomic E-state index is -1.12. The number of aryl methyl sites for hydroxylation is 1. The maximum Gasteiger partial charge on any atom is 0.335 e. The number of rotatable bonds is 4. The van der Waals surface area contributed by atoms with Gasteiger partial charge in [0.05, 0.1) is 12.2 Å². The fourth-order valence-corrected chi connectivity index (χ4v) is 2.58. The van der Waals surface area contributed by atoms with E-state index in [0.29, 0.717) is 12.2 Å². The van der Waals surface area contributed by atoms with E-state index in [9.17, 15) is 14.4 Å². The summed E-state index contributed by atoms with van der Waals surface area (Å²) >= 11 is 0. The maximum absolute atomic E-state index is 12.7. The van der Waals surface area contributed by atoms with Gasteiger partial charge >= 0.3 is 6.03 Å². The molecule has 0 unspecified atom stereocenters. The Morgan fingerprint density at radius 2 is 1.84 bits per heavy atom. The minimum Gasteiger partial charge on any atom is -0.291 e. The molecule has 1 heterocycles. The van der Waals surface area contributed by atoms with E-state index in [1.54, 1.807) is 18.2 Å². The largest absolute Gasteiger partial charge is 0.335 e. The van der Waals surface area contributed by atoms with Gasteiger partial charge in [0.25, 0.3) is 5.91 Å². The average Bonchev–Trinajstić information content (AvgIpc) is 2.58. The Labute approximate surface area is 145 Å². The Balaban J connectivity index is 1.80. The van der Waals surface area contributed by atoms with Crippen LogP contribution in [0.25, 0.3) is 0 Å². The summed E-state index contributed by atoms with van der Waals surface area (Å²) in [6.07, 6.45) is 1.31. The van der Waals surface area contributed by atoms with Crippen molar-refractivity contribution in [1.82, 2.24) is 5.32 Å². The van der Waals surface area contributed by atoms with Gasteiger partial charge in [-0.1, -0.05) is 42.5 Å². The quantitative estimate of drug-likeness (QED) is 0.688. The van der Waals surface area contributed by atoms with Crippen molar-refractivity contribution in [3.05, 3.63) is 65.7 Å². The third-order valence-corrected chi connectivity index (χ3v) is 3.83. The molecule has 6 heteroatoms. The SMILES string of the molecule is Cc1cccc(N2C(=O)NC(=O)[C@H](C=NCc3ccccc3)C2=O)c1. The van der Waals surface area contributed by atoms with E-state index in [1.807, 2.05) is 43.3 Å². The molecular formula is C19H17N3O3. The highest BCUT2D eigenvalue weighted by molar-refractivity contribution is 6.32. The molecule has 0 spiro atoms. The van der Waals surface area contributed by atoms with Crippen molar-refractivity contribution in [1.29, 1.82) is 0 Å². The number of benzene rings is 2. The molecule has 0 aromatic heterocycles. The van der Waals surface area contributed by atoms with Crippen molar-refractivity contribution in [3.8, 4) is 0 Å². The molecular weight excluding hydrogens is 318 g/mol. The van der Waals surface area contributed by atoms with Gasteiger partial charge in [-0.3, -0.25) is 19.9 Å². The number of anilines is 1. The number of hydrogen-bond donors (Lipinski definition) is 1. The van der Waals surface area contributed by atoms with Gasteiger partial charge in [-0.2, -0.15) is 0 Å². The first kappa shape index (κ1) is 16.6. The summed E-state index contributed by atoms with van der Waals surface area (Å²) in [7, 11) is 0. The van der Waals surface area contributed by atoms with E-state index < -0.39 is 23.8 Å². The van der Waals surface area contributed by atoms with Gasteiger partial charge in [0.2, 0.25) is 5.91 Å². The summed E-state index contributed by atoms with van der Waals surface area (Å²) < 4.78 is 0. The van der Waals surface area contributed by atoms with Crippen LogP contribution in [0.4, 0.5) is 10.5 Å². The lowest BCUT2D eigenvalue weighted by molar-refractivity contribution is -0.131. The second-order valence-corrected chi connectivity index (χ2v) is 5.76. The molecule has 0 bridgehead atoms. The lowest BCUT2D eigenvalue weighted by Gasteiger charge is -2.28. The van der Waals surface area contributed by atoms with Crippen molar-refractivity contribution in [3.63, 3.8) is 0 Å². The standard InChI is InChI=1S/C19H17N3O3/c1-13-6-5-9-15(10-13)22-18(24)16(17(23)21-19(22)25)12-20-11-14-7-3-2-4-8-14/h2-10,12,16H,11H2,1H3,(H,21,23,25)/t16-/m0/s1. The molecule has 4 amide bonds. The van der Waals surface area contributed by atoms with Crippen molar-refractivity contribution >= 4 is 29.7 Å². The number of carbonyl (C=O) groups is 3. The highest BCUT2D eigenvalue weighted by Crippen LogP contribution is 2.21. The van der Waals surface area contributed by atoms with Crippen LogP contribution in [0.1, 0.15) is 11.1 Å². The van der Waals surface area contributed by atoms with Crippen LogP contribution in [0.2, 0.25) is 0 Å². The monoisotopic (exact) mass is 335 g/mol. The van der Waals surface area contributed by atoms with Gasteiger partial charge in [-0.25, -0.2) is 9.69 Å². The molecule has 1 fully saturated rings. The van der Waals surface area contributed by atoms with E-state index in [1.165, 1.54) is 6.21 Å². The van der Waals surface area contributed by atoms with E-state index in [-0.39, 0.29) is 0 Å². The topological polar surface area (TPSA) is 78.8 Å². The molecule has 0 radical (unpaired) electrons. The zero-order valence-electron chi connectivity index (χ0n) is 13.7. The summed E-state index contributed by atoms with van der Waals surface area (Å²) in [5.74, 6) is -2.38. The molecule has 3 rings (SSSR count). The van der Waals surface area contributed by atoms with E-state index in [4.69, 9.17) is 0 Å². The zero-order chi connectivity index (χ0) is 17.8. The summed E-state index contributed by atoms with van der Waals surface area (Å²) in [4.78, 5) is 42.0. The number of hydrogen-bond acceptors (Lipinski definition) is 4. The first-order chi connectivity index (χ1) is 12.1. The number of aliphatic imine (C=N–C) groups is 1. The van der Waals surface area contributed by atoms with Crippen LogP contribution in [0, 0.1) is 12.8 Å². The predicted octanol–water partition coefficient (Wildman–Crippen LogP) is 2.47. The van der Waals surface area contributed by atoms with E-state index in [2.05, 4.69) is 10.3 Å². The van der Waals surface area contributed by atoms with Gasteiger partial charge in [0.15, 0.2) is 5.92 Å². The summed E-state index contributed by atoms with van der Waals surface area (Å²) in [5.41, 5.74) is 2.30. The van der Waals surface area contributed by atoms with Crippen LogP contribution in [0.5, 0.6) is 0 Å². The fourth-order valence-electron chi connectivity index (χ4n) is 2.58. The average molecular weight is 335 g/mol. The van der Waals surface area contributed by atoms with Crippen LogP contribution in [0.15, 0.2) is 59.6 Å². The van der Waals surface area contributed by atoms with Crippen molar-refractivity contribution < 1.29 is 14.4 Å². The first-order valence-electron chi connectivity index (χ1n) is 7.85. The number of barbiturate groups is 1. The van der Waals surface area contributed by atoms with Gasteiger partial charge in [-0.05, 0) is 30.2 Å². The molecule has 1 atom stereocenters. The Morgan fingerprint density at radius 1 is 1.08 bits per heavy atom. The third-order valence-electron chi connectivity index (χ3n) is 3.83. The number of carbonyl (C=O) groups excluding carboxylic acids is 3. The summed E-state index contributed by atoms with van der Waals surface area (Å²) in [6.45, 7) is 2.22. The Morgan fingerprint density at radius 3 is 2.56 bits per heavy atom. The van der Waals surface area contributed by atoms with Crippen LogP contribution >= 0.6 is 0 Å². The van der Waals surface area contributed by atoms with Crippen LogP contribution in [-0.4, -0.2) is 24.1 Å². The number of nitrogens with one attached hydrogen (secondary N) is 1. The molecule has 0 saturated carbocycles. The normalized spacial score (nSPS) is 17.9. The highest BCUT2D eigenvalue weighted by atomic mass is 16.2. The van der Waals surface area contributed by atoms with Gasteiger partial charge in [0.1, 0.15) is 0 Å². The molecule has 2 aromatic carbocycles. The number of amides is 4. The molecule has 1 saturated heterocycles. The Hall–Kier alpha value is -3.28. The molecule has 25 heavy (non-hydrogen) atoms. The summed E-state index contributed by atoms with van der Waals surface area (Å²) in [5, 5.41) is 2.21. The molecule has 1 N–H and O–H groups in total. The first-order valence-corrected chi connectivity index (χ1v) is 7.85. The van der Waals surface area contributed by atoms with E-state index in [0.717, 1.165) is 16.0 Å². The third kappa shape index (κ3) is 3.63. The number of imide groups is 2. The second-order valence-electron chi connectivity index (χ2n) is 5.76. The zero-order valence-corrected chi connectivity index (χ0v) is 13.7. The van der Waals surface area contributed by atoms with Crippen molar-refractivity contribution in [2.24, 2.45) is 10.9 Å². The molecule has 1 aliphatic heterocycles. The fraction of sp³-hybridized carbons (Fsp3) is 0.158. The molecule has 1 aliphatic rings. The lowest BCUT2D eigenvalue weighted by atomic mass is 10.1. The molecule has 6 nitrogen and oxygen atoms in total. The smallest absolute Gasteiger partial charge is 0.291 e. The number of urea groups is 1. The second kappa shape index (κ2) is 7.09. The molecule has 2 aromatic rings.